The number of hydrogen-bond acceptors (Lipinski definition) is 4. The smallest absolute Gasteiger partial charge is 0.350 e. The van der Waals surface area contributed by atoms with Crippen molar-refractivity contribution < 1.29 is 14.7 Å². The number of benzene rings is 1. The molecule has 0 saturated heterocycles. The van der Waals surface area contributed by atoms with Gasteiger partial charge < -0.3 is 10.4 Å². The fourth-order valence-corrected chi connectivity index (χ4v) is 3.20. The molecule has 146 valence electrons. The first-order chi connectivity index (χ1) is 13.5. The molecule has 2 heterocycles. The molecule has 0 aliphatic heterocycles. The van der Waals surface area contributed by atoms with Crippen LogP contribution in [0.5, 0.6) is 0 Å². The van der Waals surface area contributed by atoms with Gasteiger partial charge in [0, 0.05) is 19.2 Å². The van der Waals surface area contributed by atoms with Crippen molar-refractivity contribution in [2.24, 2.45) is 0 Å². The highest BCUT2D eigenvalue weighted by Gasteiger charge is 2.38. The highest BCUT2D eigenvalue weighted by Crippen LogP contribution is 2.27. The molecule has 8 heteroatoms. The lowest BCUT2D eigenvalue weighted by Gasteiger charge is -2.29. The van der Waals surface area contributed by atoms with E-state index in [1.54, 1.807) is 55.6 Å². The number of carbonyl (C=O) groups excluding carboxylic acids is 1. The minimum absolute atomic E-state index is 0.0258. The Morgan fingerprint density at radius 1 is 1.14 bits per heavy atom. The van der Waals surface area contributed by atoms with Crippen molar-refractivity contribution in [2.75, 3.05) is 6.54 Å². The Kier molecular flexibility index (Phi) is 5.58. The van der Waals surface area contributed by atoms with Crippen molar-refractivity contribution in [3.63, 3.8) is 0 Å². The van der Waals surface area contributed by atoms with Crippen LogP contribution in [0.25, 0.3) is 5.65 Å². The minimum Gasteiger partial charge on any atom is -0.481 e. The molecule has 0 bridgehead atoms. The summed E-state index contributed by atoms with van der Waals surface area (Å²) in [5.74, 6) is -1.32. The Hall–Kier alpha value is -3.42. The fraction of sp³-hybridized carbons (Fsp3) is 0.300. The van der Waals surface area contributed by atoms with Gasteiger partial charge >= 0.3 is 11.7 Å². The molecule has 1 unspecified atom stereocenters. The molecular weight excluding hydrogens is 360 g/mol. The lowest BCUT2D eigenvalue weighted by molar-refractivity contribution is -0.144. The maximum absolute atomic E-state index is 12.3. The van der Waals surface area contributed by atoms with Crippen molar-refractivity contribution in [1.29, 1.82) is 0 Å². The molecule has 1 atom stereocenters. The van der Waals surface area contributed by atoms with Crippen molar-refractivity contribution >= 4 is 17.5 Å². The Morgan fingerprint density at radius 2 is 1.86 bits per heavy atom. The maximum Gasteiger partial charge on any atom is 0.350 e. The Morgan fingerprint density at radius 3 is 2.50 bits per heavy atom. The van der Waals surface area contributed by atoms with E-state index in [1.807, 2.05) is 6.07 Å². The molecule has 2 N–H and O–H groups in total. The number of carbonyl (C=O) groups is 2. The molecule has 0 spiro atoms. The number of aliphatic carboxylic acids is 1. The fourth-order valence-electron chi connectivity index (χ4n) is 3.20. The Labute approximate surface area is 161 Å². The van der Waals surface area contributed by atoms with Gasteiger partial charge in [0.25, 0.3) is 0 Å². The van der Waals surface area contributed by atoms with E-state index < -0.39 is 11.4 Å². The highest BCUT2D eigenvalue weighted by atomic mass is 16.4. The zero-order valence-corrected chi connectivity index (χ0v) is 15.5. The number of fused-ring (bicyclic) bond motifs is 1. The van der Waals surface area contributed by atoms with Crippen molar-refractivity contribution in [3.8, 4) is 0 Å². The van der Waals surface area contributed by atoms with Crippen LogP contribution in [0.3, 0.4) is 0 Å². The number of amides is 1. The second-order valence-electron chi connectivity index (χ2n) is 6.57. The Balaban J connectivity index is 1.67. The number of pyridine rings is 1. The molecule has 0 aliphatic carbocycles. The zero-order chi connectivity index (χ0) is 20.1. The largest absolute Gasteiger partial charge is 0.481 e. The van der Waals surface area contributed by atoms with Crippen LogP contribution in [0.4, 0.5) is 0 Å². The van der Waals surface area contributed by atoms with E-state index in [4.69, 9.17) is 0 Å². The predicted octanol–water partition coefficient (Wildman–Crippen LogP) is 1.43. The molecule has 0 aliphatic rings. The second kappa shape index (κ2) is 8.08. The molecule has 0 radical (unpaired) electrons. The van der Waals surface area contributed by atoms with Crippen LogP contribution in [-0.4, -0.2) is 37.7 Å². The molecule has 2 aromatic heterocycles. The monoisotopic (exact) mass is 382 g/mol. The van der Waals surface area contributed by atoms with Gasteiger partial charge in [0.1, 0.15) is 5.41 Å². The van der Waals surface area contributed by atoms with Crippen LogP contribution < -0.4 is 11.0 Å². The number of aromatic nitrogens is 3. The van der Waals surface area contributed by atoms with Gasteiger partial charge in [-0.25, -0.2) is 9.48 Å². The van der Waals surface area contributed by atoms with Gasteiger partial charge in [-0.2, -0.15) is 0 Å². The predicted molar refractivity (Wildman–Crippen MR) is 103 cm³/mol. The average Bonchev–Trinajstić information content (AvgIpc) is 3.04. The zero-order valence-electron chi connectivity index (χ0n) is 15.5. The third-order valence-corrected chi connectivity index (χ3v) is 4.97. The first-order valence-electron chi connectivity index (χ1n) is 9.08. The number of nitrogens with one attached hydrogen (secondary N) is 1. The first-order valence-corrected chi connectivity index (χ1v) is 9.08. The highest BCUT2D eigenvalue weighted by molar-refractivity contribution is 5.83. The number of aryl methyl sites for hydroxylation is 1. The van der Waals surface area contributed by atoms with Crippen LogP contribution in [0.1, 0.15) is 25.3 Å². The lowest BCUT2D eigenvalue weighted by Crippen LogP contribution is -2.46. The van der Waals surface area contributed by atoms with E-state index in [9.17, 15) is 19.5 Å². The molecule has 0 saturated carbocycles. The van der Waals surface area contributed by atoms with Crippen LogP contribution in [-0.2, 0) is 21.5 Å². The molecule has 1 aromatic carbocycles. The van der Waals surface area contributed by atoms with E-state index in [2.05, 4.69) is 10.4 Å². The molecule has 1 amide bonds. The number of carboxylic acid groups (broad SMARTS) is 1. The SMILES string of the molecule is CCC(CNC(=O)CCn1nc2ccccn2c1=O)(C(=O)O)c1ccccc1. The molecule has 3 rings (SSSR count). The summed E-state index contributed by atoms with van der Waals surface area (Å²) in [6, 6.07) is 14.1. The van der Waals surface area contributed by atoms with Crippen molar-refractivity contribution in [2.45, 2.75) is 31.7 Å². The normalized spacial score (nSPS) is 13.2. The molecule has 0 fully saturated rings. The van der Waals surface area contributed by atoms with Crippen molar-refractivity contribution in [1.82, 2.24) is 19.5 Å². The van der Waals surface area contributed by atoms with E-state index in [0.717, 1.165) is 0 Å². The number of nitrogens with zero attached hydrogens (tertiary/aromatic N) is 3. The van der Waals surface area contributed by atoms with Gasteiger partial charge in [-0.15, -0.1) is 5.10 Å². The van der Waals surface area contributed by atoms with E-state index in [0.29, 0.717) is 17.6 Å². The summed E-state index contributed by atoms with van der Waals surface area (Å²) in [6.45, 7) is 1.87. The lowest BCUT2D eigenvalue weighted by atomic mass is 9.78. The summed E-state index contributed by atoms with van der Waals surface area (Å²) in [5, 5.41) is 16.7. The summed E-state index contributed by atoms with van der Waals surface area (Å²) in [4.78, 5) is 36.5. The minimum atomic E-state index is -1.20. The van der Waals surface area contributed by atoms with Gasteiger partial charge in [0.15, 0.2) is 5.65 Å². The maximum atomic E-state index is 12.3. The Bertz CT molecular complexity index is 1040. The average molecular weight is 382 g/mol. The number of rotatable bonds is 8. The van der Waals surface area contributed by atoms with Gasteiger partial charge in [-0.3, -0.25) is 14.0 Å². The summed E-state index contributed by atoms with van der Waals surface area (Å²) < 4.78 is 2.64. The summed E-state index contributed by atoms with van der Waals surface area (Å²) in [6.07, 6.45) is 1.97. The molecule has 3 aromatic rings. The number of carboxylic acids is 1. The van der Waals surface area contributed by atoms with E-state index in [-0.39, 0.29) is 31.1 Å². The van der Waals surface area contributed by atoms with Crippen molar-refractivity contribution in [3.05, 3.63) is 70.8 Å². The topological polar surface area (TPSA) is 106 Å². The molecular formula is C20H22N4O4. The summed E-state index contributed by atoms with van der Waals surface area (Å²) in [7, 11) is 0. The standard InChI is InChI=1S/C20H22N4O4/c1-2-20(18(26)27,15-8-4-3-5-9-15)14-21-17(25)11-13-24-19(28)23-12-7-6-10-16(23)22-24/h3-10,12H,2,11,13-14H2,1H3,(H,21,25)(H,26,27). The van der Waals surface area contributed by atoms with Crippen LogP contribution in [0.2, 0.25) is 0 Å². The third-order valence-electron chi connectivity index (χ3n) is 4.97. The van der Waals surface area contributed by atoms with Gasteiger partial charge in [-0.05, 0) is 24.1 Å². The quantitative estimate of drug-likeness (QED) is 0.613. The van der Waals surface area contributed by atoms with Crippen LogP contribution in [0.15, 0.2) is 59.5 Å². The summed E-state index contributed by atoms with van der Waals surface area (Å²) >= 11 is 0. The third kappa shape index (κ3) is 3.66. The number of hydrogen-bond donors (Lipinski definition) is 2. The van der Waals surface area contributed by atoms with E-state index >= 15 is 0 Å². The summed E-state index contributed by atoms with van der Waals surface area (Å²) in [5.41, 5.74) is -0.368. The van der Waals surface area contributed by atoms with Gasteiger partial charge in [0.2, 0.25) is 5.91 Å². The second-order valence-corrected chi connectivity index (χ2v) is 6.57. The van der Waals surface area contributed by atoms with Gasteiger partial charge in [0.05, 0.1) is 6.54 Å². The van der Waals surface area contributed by atoms with E-state index in [1.165, 1.54) is 9.08 Å². The van der Waals surface area contributed by atoms with Crippen LogP contribution in [0, 0.1) is 0 Å². The van der Waals surface area contributed by atoms with Gasteiger partial charge in [-0.1, -0.05) is 43.3 Å². The first kappa shape index (κ1) is 19.3. The molecule has 8 nitrogen and oxygen atoms in total. The van der Waals surface area contributed by atoms with Crippen LogP contribution >= 0.6 is 0 Å². The molecule has 28 heavy (non-hydrogen) atoms.